The number of benzene rings is 1. The van der Waals surface area contributed by atoms with Gasteiger partial charge in [-0.15, -0.1) is 0 Å². The zero-order valence-corrected chi connectivity index (χ0v) is 16.9. The van der Waals surface area contributed by atoms with Gasteiger partial charge >= 0.3 is 5.69 Å². The van der Waals surface area contributed by atoms with Crippen molar-refractivity contribution in [3.63, 3.8) is 0 Å². The van der Waals surface area contributed by atoms with Crippen molar-refractivity contribution >= 4 is 11.6 Å². The van der Waals surface area contributed by atoms with E-state index in [0.29, 0.717) is 12.6 Å². The second-order valence-corrected chi connectivity index (χ2v) is 7.39. The largest absolute Gasteiger partial charge is 0.384 e. The Labute approximate surface area is 169 Å². The van der Waals surface area contributed by atoms with Crippen molar-refractivity contribution in [1.29, 1.82) is 0 Å². The predicted octanol–water partition coefficient (Wildman–Crippen LogP) is 1.17. The number of aryl methyl sites for hydroxylation is 1. The highest BCUT2D eigenvalue weighted by Gasteiger charge is 2.32. The van der Waals surface area contributed by atoms with Gasteiger partial charge in [0.2, 0.25) is 0 Å². The van der Waals surface area contributed by atoms with Crippen molar-refractivity contribution in [2.24, 2.45) is 0 Å². The molecule has 0 atom stereocenters. The Hall–Kier alpha value is -2.71. The molecule has 3 rings (SSSR count). The van der Waals surface area contributed by atoms with Gasteiger partial charge in [0.25, 0.3) is 5.56 Å². The highest BCUT2D eigenvalue weighted by atomic mass is 16.5. The molecule has 1 aliphatic carbocycles. The summed E-state index contributed by atoms with van der Waals surface area (Å²) in [6.45, 7) is 3.22. The van der Waals surface area contributed by atoms with Gasteiger partial charge < -0.3 is 10.5 Å². The van der Waals surface area contributed by atoms with Gasteiger partial charge in [0.05, 0.1) is 19.7 Å². The first-order valence-electron chi connectivity index (χ1n) is 9.91. The molecule has 8 nitrogen and oxygen atoms in total. The summed E-state index contributed by atoms with van der Waals surface area (Å²) in [4.78, 5) is 41.6. The summed E-state index contributed by atoms with van der Waals surface area (Å²) < 4.78 is 6.14. The summed E-state index contributed by atoms with van der Waals surface area (Å²) in [7, 11) is 1.50. The summed E-state index contributed by atoms with van der Waals surface area (Å²) >= 11 is 0. The Morgan fingerprint density at radius 3 is 2.48 bits per heavy atom. The lowest BCUT2D eigenvalue weighted by Gasteiger charge is -2.22. The summed E-state index contributed by atoms with van der Waals surface area (Å²) in [5, 5.41) is 0. The number of nitrogen functional groups attached to an aromatic ring is 1. The van der Waals surface area contributed by atoms with Crippen molar-refractivity contribution in [3.05, 3.63) is 61.8 Å². The van der Waals surface area contributed by atoms with Crippen molar-refractivity contribution < 1.29 is 9.53 Å². The first kappa shape index (κ1) is 21.0. The van der Waals surface area contributed by atoms with Crippen LogP contribution >= 0.6 is 0 Å². The van der Waals surface area contributed by atoms with E-state index >= 15 is 0 Å². The van der Waals surface area contributed by atoms with Gasteiger partial charge in [0, 0.05) is 19.7 Å². The minimum atomic E-state index is -0.741. The second kappa shape index (κ2) is 9.19. The van der Waals surface area contributed by atoms with Gasteiger partial charge in [-0.2, -0.15) is 0 Å². The molecule has 0 unspecified atom stereocenters. The topological polar surface area (TPSA) is 110 Å². The molecule has 0 spiro atoms. The first-order valence-corrected chi connectivity index (χ1v) is 9.91. The number of nitrogens with one attached hydrogen (secondary N) is 1. The molecule has 1 heterocycles. The number of ketones is 1. The molecule has 3 N–H and O–H groups in total. The van der Waals surface area contributed by atoms with E-state index in [1.165, 1.54) is 17.2 Å². The molecule has 2 aromatic rings. The minimum Gasteiger partial charge on any atom is -0.384 e. The second-order valence-electron chi connectivity index (χ2n) is 7.39. The van der Waals surface area contributed by atoms with Crippen LogP contribution in [0, 0.1) is 0 Å². The molecule has 0 aliphatic heterocycles. The number of carbonyl (C=O) groups is 1. The highest BCUT2D eigenvalue weighted by molar-refractivity contribution is 6.01. The average Bonchev–Trinajstić information content (AvgIpc) is 3.53. The van der Waals surface area contributed by atoms with E-state index in [-0.39, 0.29) is 36.9 Å². The number of nitrogens with zero attached hydrogens (tertiary/aromatic N) is 2. The Morgan fingerprint density at radius 2 is 1.90 bits per heavy atom. The van der Waals surface area contributed by atoms with Gasteiger partial charge in [0.1, 0.15) is 11.4 Å². The molecular formula is C21H28N4O4. The number of aromatic nitrogens is 2. The first-order chi connectivity index (χ1) is 13.9. The SMILES string of the molecule is CCc1ccc(CN(CC(=O)c2c(N)n(CCOC)c(=O)[nH]c2=O)C2CC2)cc1. The summed E-state index contributed by atoms with van der Waals surface area (Å²) in [5.74, 6) is -0.490. The standard InChI is InChI=1S/C21H28N4O4/c1-3-14-4-6-15(7-5-14)12-24(16-8-9-16)13-17(26)18-19(22)25(10-11-29-2)21(28)23-20(18)27/h4-7,16H,3,8-13,22H2,1-2H3,(H,23,27,28). The molecule has 0 saturated heterocycles. The Morgan fingerprint density at radius 1 is 1.24 bits per heavy atom. The number of anilines is 1. The van der Waals surface area contributed by atoms with Crippen LogP contribution in [0.15, 0.2) is 33.9 Å². The quantitative estimate of drug-likeness (QED) is 0.580. The van der Waals surface area contributed by atoms with Crippen LogP contribution in [0.4, 0.5) is 5.82 Å². The molecule has 8 heteroatoms. The van der Waals surface area contributed by atoms with E-state index in [1.807, 2.05) is 0 Å². The molecule has 1 saturated carbocycles. The number of H-pyrrole nitrogens is 1. The molecule has 156 valence electrons. The van der Waals surface area contributed by atoms with Crippen LogP contribution in [0.1, 0.15) is 41.3 Å². The Bertz CT molecular complexity index is 974. The number of rotatable bonds is 10. The molecule has 1 aliphatic rings. The number of carbonyl (C=O) groups excluding carboxylic acids is 1. The van der Waals surface area contributed by atoms with Crippen LogP contribution < -0.4 is 17.0 Å². The molecule has 1 fully saturated rings. The molecule has 0 radical (unpaired) electrons. The molecular weight excluding hydrogens is 372 g/mol. The van der Waals surface area contributed by atoms with E-state index in [1.54, 1.807) is 0 Å². The van der Waals surface area contributed by atoms with E-state index in [2.05, 4.69) is 41.1 Å². The van der Waals surface area contributed by atoms with E-state index in [0.717, 1.165) is 24.8 Å². The van der Waals surface area contributed by atoms with Crippen molar-refractivity contribution in [1.82, 2.24) is 14.5 Å². The van der Waals surface area contributed by atoms with Crippen LogP contribution in [0.5, 0.6) is 0 Å². The van der Waals surface area contributed by atoms with Gasteiger partial charge in [-0.1, -0.05) is 31.2 Å². The van der Waals surface area contributed by atoms with E-state index in [9.17, 15) is 14.4 Å². The number of hydrogen-bond donors (Lipinski definition) is 2. The van der Waals surface area contributed by atoms with Crippen LogP contribution in [-0.2, 0) is 24.2 Å². The maximum Gasteiger partial charge on any atom is 0.330 e. The molecule has 1 aromatic carbocycles. The Kier molecular flexibility index (Phi) is 6.66. The van der Waals surface area contributed by atoms with Gasteiger partial charge in [-0.25, -0.2) is 4.79 Å². The minimum absolute atomic E-state index is 0.0793. The van der Waals surface area contributed by atoms with Gasteiger partial charge in [0.15, 0.2) is 5.78 Å². The summed E-state index contributed by atoms with van der Waals surface area (Å²) in [5.41, 5.74) is 6.87. The van der Waals surface area contributed by atoms with Gasteiger partial charge in [-0.05, 0) is 30.4 Å². The zero-order chi connectivity index (χ0) is 21.0. The van der Waals surface area contributed by atoms with E-state index in [4.69, 9.17) is 10.5 Å². The third kappa shape index (κ3) is 5.02. The predicted molar refractivity (Wildman–Crippen MR) is 111 cm³/mol. The number of hydrogen-bond acceptors (Lipinski definition) is 6. The van der Waals surface area contributed by atoms with Crippen LogP contribution in [0.25, 0.3) is 0 Å². The van der Waals surface area contributed by atoms with Gasteiger partial charge in [-0.3, -0.25) is 24.0 Å². The fourth-order valence-corrected chi connectivity index (χ4v) is 3.39. The fourth-order valence-electron chi connectivity index (χ4n) is 3.39. The molecule has 0 bridgehead atoms. The monoisotopic (exact) mass is 400 g/mol. The maximum absolute atomic E-state index is 13.0. The smallest absolute Gasteiger partial charge is 0.330 e. The zero-order valence-electron chi connectivity index (χ0n) is 16.9. The lowest BCUT2D eigenvalue weighted by molar-refractivity contribution is 0.0917. The maximum atomic E-state index is 13.0. The van der Waals surface area contributed by atoms with Crippen LogP contribution in [0.3, 0.4) is 0 Å². The lowest BCUT2D eigenvalue weighted by atomic mass is 10.1. The average molecular weight is 400 g/mol. The van der Waals surface area contributed by atoms with E-state index < -0.39 is 11.2 Å². The van der Waals surface area contributed by atoms with Crippen LogP contribution in [0.2, 0.25) is 0 Å². The Balaban J connectivity index is 1.81. The van der Waals surface area contributed by atoms with Crippen LogP contribution in [-0.4, -0.2) is 46.5 Å². The van der Waals surface area contributed by atoms with Crippen molar-refractivity contribution in [2.45, 2.75) is 45.3 Å². The molecule has 1 aromatic heterocycles. The lowest BCUT2D eigenvalue weighted by Crippen LogP contribution is -2.40. The number of ether oxygens (including phenoxy) is 1. The number of methoxy groups -OCH3 is 1. The summed E-state index contributed by atoms with van der Waals surface area (Å²) in [6, 6.07) is 8.66. The molecule has 0 amide bonds. The molecule has 29 heavy (non-hydrogen) atoms. The van der Waals surface area contributed by atoms with Crippen molar-refractivity contribution in [2.75, 3.05) is 26.0 Å². The normalized spacial score (nSPS) is 13.8. The van der Waals surface area contributed by atoms with Crippen molar-refractivity contribution in [3.8, 4) is 0 Å². The number of aromatic amines is 1. The third-order valence-electron chi connectivity index (χ3n) is 5.26. The number of nitrogens with two attached hydrogens (primary N) is 1. The fraction of sp³-hybridized carbons (Fsp3) is 0.476. The highest BCUT2D eigenvalue weighted by Crippen LogP contribution is 2.28. The number of Topliss-reactive ketones (excluding diaryl/α,β-unsaturated/α-hetero) is 1. The summed E-state index contributed by atoms with van der Waals surface area (Å²) in [6.07, 6.45) is 3.03. The third-order valence-corrected chi connectivity index (χ3v) is 5.26.